The average Bonchev–Trinajstić information content (AvgIpc) is 3.19. The molecule has 4 saturated carbocycles. The van der Waals surface area contributed by atoms with E-state index in [9.17, 15) is 24.3 Å². The van der Waals surface area contributed by atoms with Gasteiger partial charge < -0.3 is 29.0 Å². The molecule has 4 aliphatic rings. The summed E-state index contributed by atoms with van der Waals surface area (Å²) in [5, 5.41) is 9.84. The summed E-state index contributed by atoms with van der Waals surface area (Å²) >= 11 is 0. The van der Waals surface area contributed by atoms with Crippen molar-refractivity contribution in [3.63, 3.8) is 0 Å². The molecule has 0 radical (unpaired) electrons. The Hall–Kier alpha value is -2.20. The van der Waals surface area contributed by atoms with Crippen molar-refractivity contribution in [2.24, 2.45) is 35.5 Å². The predicted molar refractivity (Wildman–Crippen MR) is 199 cm³/mol. The molecule has 0 aromatic heterocycles. The normalized spacial score (nSPS) is 19.9. The fourth-order valence-electron chi connectivity index (χ4n) is 8.80. The van der Waals surface area contributed by atoms with E-state index >= 15 is 0 Å². The second-order valence-corrected chi connectivity index (χ2v) is 16.5. The Balaban J connectivity index is 1.28. The molecule has 0 heterocycles. The van der Waals surface area contributed by atoms with E-state index < -0.39 is 35.7 Å². The lowest BCUT2D eigenvalue weighted by Crippen LogP contribution is -2.34. The molecule has 4 rings (SSSR count). The number of nitrogens with zero attached hydrogens (tertiary/aromatic N) is 1. The van der Waals surface area contributed by atoms with Crippen molar-refractivity contribution in [2.75, 3.05) is 52.7 Å². The number of carbonyl (C=O) groups excluding carboxylic acids is 4. The molecule has 1 N–H and O–H groups in total. The Morgan fingerprint density at radius 1 is 0.442 bits per heavy atom. The van der Waals surface area contributed by atoms with Gasteiger partial charge in [0, 0.05) is 6.54 Å². The third kappa shape index (κ3) is 16.0. The number of aliphatic hydroxyl groups is 1. The van der Waals surface area contributed by atoms with Crippen molar-refractivity contribution in [3.8, 4) is 0 Å². The third-order valence-electron chi connectivity index (χ3n) is 12.2. The highest BCUT2D eigenvalue weighted by atomic mass is 16.6. The second-order valence-electron chi connectivity index (χ2n) is 16.5. The third-order valence-corrected chi connectivity index (χ3v) is 12.2. The van der Waals surface area contributed by atoms with E-state index in [-0.39, 0.29) is 6.61 Å². The van der Waals surface area contributed by atoms with Crippen LogP contribution in [0.1, 0.15) is 154 Å². The van der Waals surface area contributed by atoms with Crippen molar-refractivity contribution in [1.82, 2.24) is 4.90 Å². The van der Waals surface area contributed by atoms with Gasteiger partial charge in [-0.2, -0.15) is 0 Å². The molecule has 0 atom stereocenters. The highest BCUT2D eigenvalue weighted by molar-refractivity contribution is 5.95. The maximum atomic E-state index is 13.3. The van der Waals surface area contributed by atoms with Gasteiger partial charge in [-0.25, -0.2) is 0 Å². The number of carbonyl (C=O) groups is 4. The summed E-state index contributed by atoms with van der Waals surface area (Å²) in [7, 11) is 0. The fraction of sp³-hybridized carbons (Fsp3) is 0.905. The van der Waals surface area contributed by atoms with Gasteiger partial charge in [0.25, 0.3) is 0 Å². The highest BCUT2D eigenvalue weighted by Gasteiger charge is 2.33. The van der Waals surface area contributed by atoms with E-state index in [0.29, 0.717) is 95.4 Å². The van der Waals surface area contributed by atoms with Gasteiger partial charge in [-0.15, -0.1) is 0 Å². The zero-order valence-corrected chi connectivity index (χ0v) is 32.3. The van der Waals surface area contributed by atoms with E-state index in [0.717, 1.165) is 103 Å². The van der Waals surface area contributed by atoms with Gasteiger partial charge in [-0.1, -0.05) is 77.0 Å². The summed E-state index contributed by atoms with van der Waals surface area (Å²) in [6, 6.07) is 0. The number of ether oxygens (including phenoxy) is 4. The summed E-state index contributed by atoms with van der Waals surface area (Å²) in [5.74, 6) is -2.48. The summed E-state index contributed by atoms with van der Waals surface area (Å²) in [6.45, 7) is 2.88. The molecular weight excluding hydrogens is 662 g/mol. The van der Waals surface area contributed by atoms with Crippen LogP contribution in [0.25, 0.3) is 0 Å². The number of hydrogen-bond acceptors (Lipinski definition) is 10. The minimum atomic E-state index is -0.967. The number of hydrogen-bond donors (Lipinski definition) is 1. The minimum absolute atomic E-state index is 0.0490. The van der Waals surface area contributed by atoms with Gasteiger partial charge in [-0.3, -0.25) is 19.2 Å². The van der Waals surface area contributed by atoms with E-state index in [2.05, 4.69) is 4.90 Å². The Morgan fingerprint density at radius 2 is 0.712 bits per heavy atom. The molecule has 10 nitrogen and oxygen atoms in total. The Bertz CT molecular complexity index is 882. The van der Waals surface area contributed by atoms with E-state index in [1.165, 1.54) is 25.7 Å². The van der Waals surface area contributed by atoms with Crippen molar-refractivity contribution in [1.29, 1.82) is 0 Å². The lowest BCUT2D eigenvalue weighted by molar-refractivity contribution is -0.166. The molecule has 10 heteroatoms. The molecule has 4 aliphatic carbocycles. The van der Waals surface area contributed by atoms with Gasteiger partial charge in [-0.05, 0) is 114 Å². The van der Waals surface area contributed by atoms with Crippen LogP contribution in [0.4, 0.5) is 0 Å². The van der Waals surface area contributed by atoms with Crippen molar-refractivity contribution in [3.05, 3.63) is 0 Å². The first kappa shape index (κ1) is 42.5. The maximum Gasteiger partial charge on any atom is 0.320 e. The molecule has 0 bridgehead atoms. The second kappa shape index (κ2) is 25.0. The van der Waals surface area contributed by atoms with Gasteiger partial charge in [0.15, 0.2) is 11.8 Å². The summed E-state index contributed by atoms with van der Waals surface area (Å²) in [6.07, 6.45) is 24.2. The zero-order chi connectivity index (χ0) is 36.8. The molecule has 0 saturated heterocycles. The van der Waals surface area contributed by atoms with Gasteiger partial charge in [0.05, 0.1) is 33.0 Å². The monoisotopic (exact) mass is 734 g/mol. The number of rotatable bonds is 22. The van der Waals surface area contributed by atoms with Crippen LogP contribution in [0.3, 0.4) is 0 Å². The van der Waals surface area contributed by atoms with Gasteiger partial charge >= 0.3 is 23.9 Å². The largest absolute Gasteiger partial charge is 0.465 e. The molecule has 0 unspecified atom stereocenters. The van der Waals surface area contributed by atoms with E-state index in [1.807, 2.05) is 0 Å². The van der Waals surface area contributed by atoms with E-state index in [1.54, 1.807) is 0 Å². The van der Waals surface area contributed by atoms with Gasteiger partial charge in [0.1, 0.15) is 0 Å². The van der Waals surface area contributed by atoms with Crippen LogP contribution in [0.5, 0.6) is 0 Å². The molecular formula is C42H71NO9. The molecule has 4 fully saturated rings. The first-order valence-corrected chi connectivity index (χ1v) is 21.4. The van der Waals surface area contributed by atoms with E-state index in [4.69, 9.17) is 18.9 Å². The van der Waals surface area contributed by atoms with Crippen LogP contribution >= 0.6 is 0 Å². The number of aliphatic hydroxyl groups excluding tert-OH is 1. The van der Waals surface area contributed by atoms with Crippen LogP contribution in [-0.2, 0) is 38.1 Å². The Morgan fingerprint density at radius 3 is 0.962 bits per heavy atom. The van der Waals surface area contributed by atoms with Crippen molar-refractivity contribution < 1.29 is 43.2 Å². The molecule has 52 heavy (non-hydrogen) atoms. The van der Waals surface area contributed by atoms with Crippen LogP contribution in [0.2, 0.25) is 0 Å². The average molecular weight is 734 g/mol. The fourth-order valence-corrected chi connectivity index (χ4v) is 8.80. The first-order valence-electron chi connectivity index (χ1n) is 21.4. The highest BCUT2D eigenvalue weighted by Crippen LogP contribution is 2.28. The molecule has 298 valence electrons. The van der Waals surface area contributed by atoms with Crippen molar-refractivity contribution >= 4 is 23.9 Å². The molecule has 0 amide bonds. The van der Waals surface area contributed by atoms with Crippen molar-refractivity contribution in [2.45, 2.75) is 154 Å². The summed E-state index contributed by atoms with van der Waals surface area (Å²) < 4.78 is 22.9. The smallest absolute Gasteiger partial charge is 0.320 e. The molecule has 0 spiro atoms. The topological polar surface area (TPSA) is 129 Å². The standard InChI is InChI=1S/C42H71NO9/c44-28-27-43(25-13-23-37(39(45)49-29-33-15-5-1-6-16-33)40(46)50-30-34-17-7-2-8-18-34)26-14-24-38(41(47)51-31-35-19-9-3-10-20-35)42(48)52-32-36-21-11-4-12-22-36/h33-38,44H,1-32H2. The maximum absolute atomic E-state index is 13.3. The first-order chi connectivity index (χ1) is 25.4. The lowest BCUT2D eigenvalue weighted by Gasteiger charge is -2.26. The molecule has 0 aromatic rings. The SMILES string of the molecule is O=C(OCC1CCCCC1)C(CCCN(CCO)CCCC(C(=O)OCC1CCCCC1)C(=O)OCC1CCCCC1)C(=O)OCC1CCCCC1. The van der Waals surface area contributed by atoms with Crippen LogP contribution in [0, 0.1) is 35.5 Å². The summed E-state index contributed by atoms with van der Waals surface area (Å²) in [5.41, 5.74) is 0. The van der Waals surface area contributed by atoms with Crippen LogP contribution in [-0.4, -0.2) is 86.6 Å². The lowest BCUT2D eigenvalue weighted by atomic mass is 9.90. The van der Waals surface area contributed by atoms with Crippen LogP contribution < -0.4 is 0 Å². The Labute approximate surface area is 313 Å². The van der Waals surface area contributed by atoms with Gasteiger partial charge in [0.2, 0.25) is 0 Å². The minimum Gasteiger partial charge on any atom is -0.465 e. The Kier molecular flexibility index (Phi) is 20.4. The molecule has 0 aromatic carbocycles. The summed E-state index contributed by atoms with van der Waals surface area (Å²) in [4.78, 5) is 55.3. The molecule has 0 aliphatic heterocycles. The quantitative estimate of drug-likeness (QED) is 0.0676. The number of esters is 4. The zero-order valence-electron chi connectivity index (χ0n) is 32.3. The predicted octanol–water partition coefficient (Wildman–Crippen LogP) is 7.57. The van der Waals surface area contributed by atoms with Crippen LogP contribution in [0.15, 0.2) is 0 Å².